The van der Waals surface area contributed by atoms with E-state index in [0.717, 1.165) is 17.7 Å². The van der Waals surface area contributed by atoms with Gasteiger partial charge in [-0.1, -0.05) is 70.9 Å². The summed E-state index contributed by atoms with van der Waals surface area (Å²) in [6, 6.07) is 20.0. The van der Waals surface area contributed by atoms with Crippen LogP contribution in [0.2, 0.25) is 10.0 Å². The fraction of sp³-hybridized carbons (Fsp3) is 0.138. The molecule has 5 rings (SSSR count). The number of carbonyl (C=O) groups is 1. The second-order valence-electron chi connectivity index (χ2n) is 9.19. The van der Waals surface area contributed by atoms with Gasteiger partial charge in [0, 0.05) is 26.7 Å². The Balaban J connectivity index is 1.62. The van der Waals surface area contributed by atoms with Crippen molar-refractivity contribution in [3.05, 3.63) is 117 Å². The van der Waals surface area contributed by atoms with Crippen LogP contribution in [0.3, 0.4) is 0 Å². The highest BCUT2D eigenvalue weighted by atomic mass is 35.5. The smallest absolute Gasteiger partial charge is 0.345 e. The maximum Gasteiger partial charge on any atom is 0.416 e. The maximum atomic E-state index is 13.7. The highest BCUT2D eigenvalue weighted by Gasteiger charge is 2.31. The van der Waals surface area contributed by atoms with Crippen LogP contribution in [0.15, 0.2) is 78.9 Å². The van der Waals surface area contributed by atoms with Crippen LogP contribution in [0.25, 0.3) is 22.4 Å². The van der Waals surface area contributed by atoms with Crippen molar-refractivity contribution in [2.24, 2.45) is 0 Å². The minimum absolute atomic E-state index is 0.0561. The number of nitrogens with zero attached hydrogens (tertiary/aromatic N) is 4. The fourth-order valence-electron chi connectivity index (χ4n) is 4.34. The van der Waals surface area contributed by atoms with Gasteiger partial charge in [-0.05, 0) is 48.9 Å². The van der Waals surface area contributed by atoms with Crippen molar-refractivity contribution in [1.82, 2.24) is 30.9 Å². The van der Waals surface area contributed by atoms with E-state index in [2.05, 4.69) is 25.9 Å². The molecule has 0 bridgehead atoms. The number of amides is 1. The average molecular weight is 597 g/mol. The molecular formula is C29H21Cl2F3N6O. The van der Waals surface area contributed by atoms with E-state index in [1.807, 2.05) is 12.1 Å². The summed E-state index contributed by atoms with van der Waals surface area (Å²) in [6.45, 7) is 1.61. The highest BCUT2D eigenvalue weighted by Crippen LogP contribution is 2.37. The van der Waals surface area contributed by atoms with Gasteiger partial charge in [0.05, 0.1) is 35.0 Å². The Hall–Kier alpha value is -4.28. The van der Waals surface area contributed by atoms with Crippen LogP contribution in [0.4, 0.5) is 13.2 Å². The Morgan fingerprint density at radius 1 is 0.976 bits per heavy atom. The van der Waals surface area contributed by atoms with Gasteiger partial charge in [-0.25, -0.2) is 0 Å². The van der Waals surface area contributed by atoms with E-state index in [0.29, 0.717) is 43.9 Å². The van der Waals surface area contributed by atoms with Crippen LogP contribution in [0, 0.1) is 0 Å². The van der Waals surface area contributed by atoms with Crippen LogP contribution in [0.5, 0.6) is 0 Å². The third kappa shape index (κ3) is 6.39. The lowest BCUT2D eigenvalue weighted by Gasteiger charge is -2.19. The van der Waals surface area contributed by atoms with E-state index in [4.69, 9.17) is 28.2 Å². The summed E-state index contributed by atoms with van der Waals surface area (Å²) in [5.41, 5.74) is 2.49. The number of tetrazole rings is 1. The van der Waals surface area contributed by atoms with Gasteiger partial charge in [-0.15, -0.1) is 10.2 Å². The number of carbonyl (C=O) groups excluding carboxylic acids is 1. The normalized spacial score (nSPS) is 12.2. The van der Waals surface area contributed by atoms with Crippen molar-refractivity contribution in [3.8, 4) is 22.4 Å². The number of H-pyrrole nitrogens is 1. The predicted molar refractivity (Wildman–Crippen MR) is 149 cm³/mol. The van der Waals surface area contributed by atoms with Gasteiger partial charge in [-0.3, -0.25) is 9.78 Å². The minimum Gasteiger partial charge on any atom is -0.345 e. The zero-order valence-electron chi connectivity index (χ0n) is 21.4. The molecule has 0 radical (unpaired) electrons. The maximum absolute atomic E-state index is 13.7. The largest absolute Gasteiger partial charge is 0.416 e. The molecule has 41 heavy (non-hydrogen) atoms. The molecule has 2 N–H and O–H groups in total. The number of rotatable bonds is 7. The summed E-state index contributed by atoms with van der Waals surface area (Å²) >= 11 is 12.7. The molecule has 208 valence electrons. The molecule has 0 spiro atoms. The average Bonchev–Trinajstić information content (AvgIpc) is 3.46. The van der Waals surface area contributed by atoms with Crippen molar-refractivity contribution in [1.29, 1.82) is 0 Å². The fourth-order valence-corrected chi connectivity index (χ4v) is 4.71. The number of aromatic nitrogens is 5. The molecule has 2 aromatic heterocycles. The molecule has 0 fully saturated rings. The van der Waals surface area contributed by atoms with Gasteiger partial charge in [0.15, 0.2) is 5.82 Å². The lowest BCUT2D eigenvalue weighted by Crippen LogP contribution is -2.28. The quantitative estimate of drug-likeness (QED) is 0.205. The van der Waals surface area contributed by atoms with Crippen molar-refractivity contribution < 1.29 is 18.0 Å². The summed E-state index contributed by atoms with van der Waals surface area (Å²) in [4.78, 5) is 18.6. The van der Waals surface area contributed by atoms with E-state index in [9.17, 15) is 18.0 Å². The lowest BCUT2D eigenvalue weighted by molar-refractivity contribution is -0.137. The van der Waals surface area contributed by atoms with Crippen LogP contribution in [0.1, 0.15) is 46.0 Å². The molecular weight excluding hydrogens is 576 g/mol. The first-order valence-corrected chi connectivity index (χ1v) is 13.1. The Kier molecular flexibility index (Phi) is 8.05. The lowest BCUT2D eigenvalue weighted by atomic mass is 9.95. The number of aromatic amines is 1. The Labute approximate surface area is 242 Å². The molecule has 1 atom stereocenters. The molecule has 2 heterocycles. The van der Waals surface area contributed by atoms with E-state index >= 15 is 0 Å². The number of hydrogen-bond donors (Lipinski definition) is 2. The molecule has 1 amide bonds. The molecule has 0 aliphatic rings. The second-order valence-corrected chi connectivity index (χ2v) is 10.0. The zero-order chi connectivity index (χ0) is 29.1. The Morgan fingerprint density at radius 3 is 2.41 bits per heavy atom. The third-order valence-electron chi connectivity index (χ3n) is 6.40. The van der Waals surface area contributed by atoms with Crippen molar-refractivity contribution in [2.75, 3.05) is 0 Å². The first kappa shape index (κ1) is 28.3. The van der Waals surface area contributed by atoms with Crippen LogP contribution in [-0.2, 0) is 12.6 Å². The molecule has 0 saturated carbocycles. The van der Waals surface area contributed by atoms with E-state index in [1.54, 1.807) is 49.4 Å². The molecule has 7 nitrogen and oxygen atoms in total. The molecule has 3 aromatic carbocycles. The number of nitrogens with one attached hydrogen (secondary N) is 2. The number of hydrogen-bond acceptors (Lipinski definition) is 5. The second kappa shape index (κ2) is 11.7. The molecule has 0 aliphatic heterocycles. The Morgan fingerprint density at radius 2 is 1.73 bits per heavy atom. The summed E-state index contributed by atoms with van der Waals surface area (Å²) in [5.74, 6) is -0.248. The van der Waals surface area contributed by atoms with Crippen LogP contribution in [-0.4, -0.2) is 31.5 Å². The van der Waals surface area contributed by atoms with Gasteiger partial charge < -0.3 is 5.32 Å². The first-order chi connectivity index (χ1) is 19.6. The molecule has 0 aliphatic carbocycles. The topological polar surface area (TPSA) is 96.5 Å². The minimum atomic E-state index is -4.51. The number of benzene rings is 3. The van der Waals surface area contributed by atoms with Gasteiger partial charge in [0.25, 0.3) is 5.91 Å². The van der Waals surface area contributed by atoms with Gasteiger partial charge in [0.1, 0.15) is 0 Å². The van der Waals surface area contributed by atoms with Crippen molar-refractivity contribution >= 4 is 29.1 Å². The zero-order valence-corrected chi connectivity index (χ0v) is 22.9. The van der Waals surface area contributed by atoms with Gasteiger partial charge in [0.2, 0.25) is 0 Å². The van der Waals surface area contributed by atoms with Gasteiger partial charge in [-0.2, -0.15) is 18.4 Å². The van der Waals surface area contributed by atoms with E-state index in [1.165, 1.54) is 12.1 Å². The molecule has 0 unspecified atom stereocenters. The predicted octanol–water partition coefficient (Wildman–Crippen LogP) is 7.34. The molecule has 12 heteroatoms. The SMILES string of the molecule is C[C@@H](NC(=O)c1cc(-c2ccccc2Cl)c(-c2ccc(Cl)cc2)nc1Cc1nn[nH]n1)c1cccc(C(F)(F)F)c1. The van der Waals surface area contributed by atoms with Gasteiger partial charge >= 0.3 is 6.18 Å². The van der Waals surface area contributed by atoms with Crippen LogP contribution >= 0.6 is 23.2 Å². The van der Waals surface area contributed by atoms with E-state index < -0.39 is 23.7 Å². The summed E-state index contributed by atoms with van der Waals surface area (Å²) < 4.78 is 39.9. The third-order valence-corrected chi connectivity index (χ3v) is 6.99. The highest BCUT2D eigenvalue weighted by molar-refractivity contribution is 6.33. The number of alkyl halides is 3. The van der Waals surface area contributed by atoms with Crippen LogP contribution < -0.4 is 5.32 Å². The molecule has 5 aromatic rings. The van der Waals surface area contributed by atoms with Crippen molar-refractivity contribution in [3.63, 3.8) is 0 Å². The monoisotopic (exact) mass is 596 g/mol. The Bertz CT molecular complexity index is 1690. The van der Waals surface area contributed by atoms with Crippen molar-refractivity contribution in [2.45, 2.75) is 25.6 Å². The first-order valence-electron chi connectivity index (χ1n) is 12.3. The summed E-state index contributed by atoms with van der Waals surface area (Å²) in [6.07, 6.45) is -4.46. The number of halogens is 5. The molecule has 0 saturated heterocycles. The summed E-state index contributed by atoms with van der Waals surface area (Å²) in [7, 11) is 0. The standard InChI is InChI=1S/C29H21Cl2F3N6O/c1-16(18-5-4-6-19(13-18)29(32,33)34)35-28(41)23-14-22(21-7-2-3-8-24(21)31)27(17-9-11-20(30)12-10-17)36-25(23)15-26-37-39-40-38-26/h2-14,16H,15H2,1H3,(H,35,41)(H,37,38,39,40)/t16-/m1/s1. The van der Waals surface area contributed by atoms with E-state index in [-0.39, 0.29) is 12.0 Å². The number of pyridine rings is 1. The summed E-state index contributed by atoms with van der Waals surface area (Å²) in [5, 5.41) is 17.8.